The van der Waals surface area contributed by atoms with Crippen molar-refractivity contribution in [3.05, 3.63) is 34.3 Å². The van der Waals surface area contributed by atoms with Gasteiger partial charge in [0.1, 0.15) is 0 Å². The number of aliphatic carboxylic acids is 1. The van der Waals surface area contributed by atoms with Crippen molar-refractivity contribution in [3.63, 3.8) is 0 Å². The SMILES string of the molecule is O=C(O)CN1CCN(C2CCc3cc(Cl)ccc32)CC1. The van der Waals surface area contributed by atoms with Crippen LogP contribution in [0.3, 0.4) is 0 Å². The molecule has 0 amide bonds. The van der Waals surface area contributed by atoms with Gasteiger partial charge >= 0.3 is 5.97 Å². The van der Waals surface area contributed by atoms with Gasteiger partial charge in [0.05, 0.1) is 6.54 Å². The highest BCUT2D eigenvalue weighted by atomic mass is 35.5. The number of fused-ring (bicyclic) bond motifs is 1. The number of piperazine rings is 1. The summed E-state index contributed by atoms with van der Waals surface area (Å²) >= 11 is 6.05. The maximum absolute atomic E-state index is 10.7. The quantitative estimate of drug-likeness (QED) is 0.926. The topological polar surface area (TPSA) is 43.8 Å². The Balaban J connectivity index is 1.64. The monoisotopic (exact) mass is 294 g/mol. The first-order valence-corrected chi connectivity index (χ1v) is 7.48. The third kappa shape index (κ3) is 2.82. The van der Waals surface area contributed by atoms with Crippen molar-refractivity contribution < 1.29 is 9.90 Å². The Morgan fingerprint density at radius 3 is 2.75 bits per heavy atom. The van der Waals surface area contributed by atoms with Crippen molar-refractivity contribution in [3.8, 4) is 0 Å². The van der Waals surface area contributed by atoms with E-state index in [4.69, 9.17) is 16.7 Å². The summed E-state index contributed by atoms with van der Waals surface area (Å²) in [6, 6.07) is 6.69. The second-order valence-corrected chi connectivity index (χ2v) is 6.04. The number of hydrogen-bond acceptors (Lipinski definition) is 3. The number of aryl methyl sites for hydroxylation is 1. The Hall–Kier alpha value is -1.10. The second-order valence-electron chi connectivity index (χ2n) is 5.60. The highest BCUT2D eigenvalue weighted by molar-refractivity contribution is 6.30. The molecule has 1 aromatic rings. The first-order chi connectivity index (χ1) is 9.63. The first kappa shape index (κ1) is 13.9. The molecular formula is C15H19ClN2O2. The minimum Gasteiger partial charge on any atom is -0.480 e. The van der Waals surface area contributed by atoms with Gasteiger partial charge < -0.3 is 5.11 Å². The number of hydrogen-bond donors (Lipinski definition) is 1. The van der Waals surface area contributed by atoms with Gasteiger partial charge in [-0.2, -0.15) is 0 Å². The van der Waals surface area contributed by atoms with Crippen LogP contribution in [0.25, 0.3) is 0 Å². The fourth-order valence-corrected chi connectivity index (χ4v) is 3.56. The molecule has 1 aliphatic heterocycles. The van der Waals surface area contributed by atoms with Crippen molar-refractivity contribution in [2.24, 2.45) is 0 Å². The van der Waals surface area contributed by atoms with E-state index in [0.29, 0.717) is 6.04 Å². The third-order valence-corrected chi connectivity index (χ3v) is 4.59. The predicted molar refractivity (Wildman–Crippen MR) is 78.2 cm³/mol. The normalized spacial score (nSPS) is 23.8. The number of nitrogens with zero attached hydrogens (tertiary/aromatic N) is 2. The fraction of sp³-hybridized carbons (Fsp3) is 0.533. The van der Waals surface area contributed by atoms with Crippen LogP contribution in [0.4, 0.5) is 0 Å². The molecule has 1 aliphatic carbocycles. The molecule has 0 radical (unpaired) electrons. The molecule has 20 heavy (non-hydrogen) atoms. The average molecular weight is 295 g/mol. The Labute approximate surface area is 123 Å². The second kappa shape index (κ2) is 5.72. The molecule has 0 bridgehead atoms. The zero-order valence-electron chi connectivity index (χ0n) is 11.4. The Kier molecular flexibility index (Phi) is 3.96. The smallest absolute Gasteiger partial charge is 0.317 e. The van der Waals surface area contributed by atoms with Crippen LogP contribution in [-0.4, -0.2) is 53.6 Å². The van der Waals surface area contributed by atoms with Crippen LogP contribution < -0.4 is 0 Å². The van der Waals surface area contributed by atoms with Crippen LogP contribution in [0, 0.1) is 0 Å². The summed E-state index contributed by atoms with van der Waals surface area (Å²) in [6.45, 7) is 3.72. The summed E-state index contributed by atoms with van der Waals surface area (Å²) in [5, 5.41) is 9.65. The molecule has 108 valence electrons. The largest absolute Gasteiger partial charge is 0.480 e. The van der Waals surface area contributed by atoms with E-state index in [1.807, 2.05) is 11.0 Å². The predicted octanol–water partition coefficient (Wildman–Crippen LogP) is 2.03. The maximum atomic E-state index is 10.7. The molecule has 1 atom stereocenters. The summed E-state index contributed by atoms with van der Waals surface area (Å²) in [7, 11) is 0. The van der Waals surface area contributed by atoms with Crippen molar-refractivity contribution in [1.29, 1.82) is 0 Å². The van der Waals surface area contributed by atoms with Gasteiger partial charge in [-0.25, -0.2) is 0 Å². The summed E-state index contributed by atoms with van der Waals surface area (Å²) in [5.41, 5.74) is 2.77. The average Bonchev–Trinajstić information content (AvgIpc) is 2.82. The molecule has 0 spiro atoms. The molecule has 1 saturated heterocycles. The number of benzene rings is 1. The van der Waals surface area contributed by atoms with Gasteiger partial charge in [0.25, 0.3) is 0 Å². The van der Waals surface area contributed by atoms with Gasteiger partial charge in [0.2, 0.25) is 0 Å². The molecule has 1 N–H and O–H groups in total. The van der Waals surface area contributed by atoms with E-state index in [9.17, 15) is 4.79 Å². The lowest BCUT2D eigenvalue weighted by molar-refractivity contribution is -0.138. The molecule has 1 heterocycles. The van der Waals surface area contributed by atoms with E-state index in [1.165, 1.54) is 11.1 Å². The fourth-order valence-electron chi connectivity index (χ4n) is 3.37. The van der Waals surface area contributed by atoms with Gasteiger partial charge in [-0.3, -0.25) is 14.6 Å². The Bertz CT molecular complexity index is 513. The van der Waals surface area contributed by atoms with E-state index in [1.54, 1.807) is 0 Å². The molecule has 0 saturated carbocycles. The molecule has 0 aromatic heterocycles. The first-order valence-electron chi connectivity index (χ1n) is 7.10. The zero-order valence-corrected chi connectivity index (χ0v) is 12.1. The summed E-state index contributed by atoms with van der Waals surface area (Å²) < 4.78 is 0. The molecule has 1 fully saturated rings. The van der Waals surface area contributed by atoms with Gasteiger partial charge in [-0.05, 0) is 36.1 Å². The van der Waals surface area contributed by atoms with Crippen LogP contribution >= 0.6 is 11.6 Å². The zero-order chi connectivity index (χ0) is 14.1. The van der Waals surface area contributed by atoms with E-state index >= 15 is 0 Å². The number of carboxylic acid groups (broad SMARTS) is 1. The standard InChI is InChI=1S/C15H19ClN2O2/c16-12-2-3-13-11(9-12)1-4-14(13)18-7-5-17(6-8-18)10-15(19)20/h2-3,9,14H,1,4-8,10H2,(H,19,20). The van der Waals surface area contributed by atoms with Gasteiger partial charge in [-0.15, -0.1) is 0 Å². The number of halogens is 1. The van der Waals surface area contributed by atoms with E-state index in [0.717, 1.165) is 44.0 Å². The third-order valence-electron chi connectivity index (χ3n) is 4.36. The number of rotatable bonds is 3. The highest BCUT2D eigenvalue weighted by Gasteiger charge is 2.30. The molecule has 2 aliphatic rings. The van der Waals surface area contributed by atoms with Crippen LogP contribution in [0.15, 0.2) is 18.2 Å². The minimum atomic E-state index is -0.737. The maximum Gasteiger partial charge on any atom is 0.317 e. The molecule has 1 aromatic carbocycles. The van der Waals surface area contributed by atoms with Crippen LogP contribution in [0.5, 0.6) is 0 Å². The van der Waals surface area contributed by atoms with Crippen LogP contribution in [0.1, 0.15) is 23.6 Å². The van der Waals surface area contributed by atoms with Crippen LogP contribution in [0.2, 0.25) is 5.02 Å². The number of carbonyl (C=O) groups is 1. The Morgan fingerprint density at radius 2 is 2.05 bits per heavy atom. The van der Waals surface area contributed by atoms with Gasteiger partial charge in [-0.1, -0.05) is 17.7 Å². The van der Waals surface area contributed by atoms with Crippen LogP contribution in [-0.2, 0) is 11.2 Å². The van der Waals surface area contributed by atoms with E-state index in [-0.39, 0.29) is 6.54 Å². The molecular weight excluding hydrogens is 276 g/mol. The molecule has 5 heteroatoms. The van der Waals surface area contributed by atoms with Gasteiger partial charge in [0, 0.05) is 37.2 Å². The number of carboxylic acids is 1. The summed E-state index contributed by atoms with van der Waals surface area (Å²) in [6.07, 6.45) is 2.24. The lowest BCUT2D eigenvalue weighted by Gasteiger charge is -2.37. The Morgan fingerprint density at radius 1 is 1.30 bits per heavy atom. The lowest BCUT2D eigenvalue weighted by Crippen LogP contribution is -2.48. The lowest BCUT2D eigenvalue weighted by atomic mass is 10.1. The molecule has 3 rings (SSSR count). The van der Waals surface area contributed by atoms with Gasteiger partial charge in [0.15, 0.2) is 0 Å². The van der Waals surface area contributed by atoms with Crippen molar-refractivity contribution in [2.75, 3.05) is 32.7 Å². The summed E-state index contributed by atoms with van der Waals surface area (Å²) in [4.78, 5) is 15.2. The van der Waals surface area contributed by atoms with Crippen molar-refractivity contribution in [1.82, 2.24) is 9.80 Å². The van der Waals surface area contributed by atoms with Crippen molar-refractivity contribution in [2.45, 2.75) is 18.9 Å². The van der Waals surface area contributed by atoms with E-state index in [2.05, 4.69) is 17.0 Å². The summed E-state index contributed by atoms with van der Waals surface area (Å²) in [5.74, 6) is -0.737. The minimum absolute atomic E-state index is 0.157. The highest BCUT2D eigenvalue weighted by Crippen LogP contribution is 2.37. The molecule has 1 unspecified atom stereocenters. The molecule has 4 nitrogen and oxygen atoms in total. The van der Waals surface area contributed by atoms with Crippen molar-refractivity contribution >= 4 is 17.6 Å². The van der Waals surface area contributed by atoms with E-state index < -0.39 is 5.97 Å².